The van der Waals surface area contributed by atoms with Crippen molar-refractivity contribution in [3.63, 3.8) is 0 Å². The molecule has 0 aromatic heterocycles. The molecule has 106 valence electrons. The minimum absolute atomic E-state index is 0.00236. The summed E-state index contributed by atoms with van der Waals surface area (Å²) in [5.41, 5.74) is 0.971. The molecule has 1 N–H and O–H groups in total. The first kappa shape index (κ1) is 14.7. The van der Waals surface area contributed by atoms with Gasteiger partial charge in [-0.25, -0.2) is 0 Å². The lowest BCUT2D eigenvalue weighted by Gasteiger charge is -2.17. The van der Waals surface area contributed by atoms with Crippen LogP contribution >= 0.6 is 11.6 Å². The number of halogens is 1. The predicted molar refractivity (Wildman–Crippen MR) is 79.8 cm³/mol. The van der Waals surface area contributed by atoms with Crippen LogP contribution in [0.1, 0.15) is 11.5 Å². The zero-order valence-electron chi connectivity index (χ0n) is 11.3. The molecule has 0 amide bonds. The van der Waals surface area contributed by atoms with Gasteiger partial charge in [0.2, 0.25) is 0 Å². The molecular formula is C16H17ClO3. The van der Waals surface area contributed by atoms with Crippen molar-refractivity contribution < 1.29 is 14.6 Å². The highest BCUT2D eigenvalue weighted by Gasteiger charge is 2.13. The summed E-state index contributed by atoms with van der Waals surface area (Å²) >= 11 is 6.04. The smallest absolute Gasteiger partial charge is 0.137 e. The van der Waals surface area contributed by atoms with Gasteiger partial charge in [-0.05, 0) is 29.8 Å². The molecule has 2 rings (SSSR count). The van der Waals surface area contributed by atoms with E-state index < -0.39 is 0 Å². The van der Waals surface area contributed by atoms with Gasteiger partial charge in [0.25, 0.3) is 0 Å². The van der Waals surface area contributed by atoms with Gasteiger partial charge in [-0.15, -0.1) is 0 Å². The van der Waals surface area contributed by atoms with Gasteiger partial charge in [-0.2, -0.15) is 0 Å². The highest BCUT2D eigenvalue weighted by molar-refractivity contribution is 6.32. The highest BCUT2D eigenvalue weighted by atomic mass is 35.5. The van der Waals surface area contributed by atoms with E-state index in [1.54, 1.807) is 13.2 Å². The van der Waals surface area contributed by atoms with Crippen molar-refractivity contribution >= 4 is 11.6 Å². The Morgan fingerprint density at radius 1 is 1.15 bits per heavy atom. The number of hydrogen-bond acceptors (Lipinski definition) is 3. The third-order valence-corrected chi connectivity index (χ3v) is 3.37. The Kier molecular flexibility index (Phi) is 5.27. The zero-order chi connectivity index (χ0) is 14.4. The average Bonchev–Trinajstić information content (AvgIpc) is 2.50. The number of para-hydroxylation sites is 1. The molecule has 0 aliphatic rings. The molecule has 0 radical (unpaired) electrons. The van der Waals surface area contributed by atoms with Crippen LogP contribution in [0.3, 0.4) is 0 Å². The van der Waals surface area contributed by atoms with E-state index in [2.05, 4.69) is 0 Å². The Balaban J connectivity index is 2.07. The molecule has 2 aromatic rings. The maximum absolute atomic E-state index is 9.54. The lowest BCUT2D eigenvalue weighted by atomic mass is 10.0. The first-order valence-corrected chi connectivity index (χ1v) is 6.74. The Morgan fingerprint density at radius 2 is 1.95 bits per heavy atom. The Hall–Kier alpha value is -1.71. The molecule has 1 unspecified atom stereocenters. The van der Waals surface area contributed by atoms with Gasteiger partial charge in [-0.3, -0.25) is 0 Å². The maximum Gasteiger partial charge on any atom is 0.137 e. The number of aliphatic hydroxyl groups is 1. The van der Waals surface area contributed by atoms with Crippen LogP contribution in [0.4, 0.5) is 0 Å². The van der Waals surface area contributed by atoms with E-state index >= 15 is 0 Å². The Labute approximate surface area is 123 Å². The predicted octanol–water partition coefficient (Wildman–Crippen LogP) is 3.50. The van der Waals surface area contributed by atoms with Gasteiger partial charge in [0.05, 0.1) is 25.3 Å². The number of benzene rings is 2. The molecule has 0 saturated heterocycles. The fourth-order valence-corrected chi connectivity index (χ4v) is 2.09. The molecule has 4 heteroatoms. The largest absolute Gasteiger partial charge is 0.497 e. The van der Waals surface area contributed by atoms with Gasteiger partial charge >= 0.3 is 0 Å². The van der Waals surface area contributed by atoms with Gasteiger partial charge in [0.1, 0.15) is 11.5 Å². The molecule has 0 spiro atoms. The number of methoxy groups -OCH3 is 1. The van der Waals surface area contributed by atoms with Crippen molar-refractivity contribution in [2.24, 2.45) is 0 Å². The summed E-state index contributed by atoms with van der Waals surface area (Å²) in [6, 6.07) is 14.9. The maximum atomic E-state index is 9.54. The zero-order valence-corrected chi connectivity index (χ0v) is 12.0. The van der Waals surface area contributed by atoms with Crippen LogP contribution in [0, 0.1) is 0 Å². The number of aliphatic hydroxyl groups excluding tert-OH is 1. The molecule has 0 heterocycles. The van der Waals surface area contributed by atoms with Crippen LogP contribution in [0.15, 0.2) is 48.5 Å². The van der Waals surface area contributed by atoms with E-state index in [1.165, 1.54) is 0 Å². The topological polar surface area (TPSA) is 38.7 Å². The van der Waals surface area contributed by atoms with Crippen LogP contribution in [-0.2, 0) is 0 Å². The number of hydrogen-bond donors (Lipinski definition) is 1. The highest BCUT2D eigenvalue weighted by Crippen LogP contribution is 2.26. The molecule has 0 saturated carbocycles. The second-order valence-electron chi connectivity index (χ2n) is 4.40. The van der Waals surface area contributed by atoms with Crippen LogP contribution in [0.2, 0.25) is 5.02 Å². The number of rotatable bonds is 6. The third-order valence-electron chi connectivity index (χ3n) is 3.06. The normalized spacial score (nSPS) is 11.9. The minimum Gasteiger partial charge on any atom is -0.497 e. The molecule has 2 aromatic carbocycles. The second-order valence-corrected chi connectivity index (χ2v) is 4.80. The van der Waals surface area contributed by atoms with Gasteiger partial charge in [0.15, 0.2) is 0 Å². The summed E-state index contributed by atoms with van der Waals surface area (Å²) in [5, 5.41) is 10.1. The third kappa shape index (κ3) is 3.65. The molecule has 0 bridgehead atoms. The minimum atomic E-state index is -0.124. The lowest BCUT2D eigenvalue weighted by molar-refractivity contribution is 0.205. The van der Waals surface area contributed by atoms with Gasteiger partial charge in [0, 0.05) is 5.92 Å². The van der Waals surface area contributed by atoms with Crippen molar-refractivity contribution in [3.05, 3.63) is 59.1 Å². The van der Waals surface area contributed by atoms with E-state index in [0.717, 1.165) is 11.3 Å². The van der Waals surface area contributed by atoms with E-state index in [4.69, 9.17) is 21.1 Å². The summed E-state index contributed by atoms with van der Waals surface area (Å²) in [7, 11) is 1.62. The monoisotopic (exact) mass is 292 g/mol. The lowest BCUT2D eigenvalue weighted by Crippen LogP contribution is -2.14. The molecule has 0 aliphatic heterocycles. The first-order valence-electron chi connectivity index (χ1n) is 6.36. The van der Waals surface area contributed by atoms with Crippen molar-refractivity contribution in [3.8, 4) is 11.5 Å². The molecular weight excluding hydrogens is 276 g/mol. The van der Waals surface area contributed by atoms with Crippen molar-refractivity contribution in [1.82, 2.24) is 0 Å². The van der Waals surface area contributed by atoms with Crippen molar-refractivity contribution in [2.45, 2.75) is 5.92 Å². The van der Waals surface area contributed by atoms with Crippen molar-refractivity contribution in [1.29, 1.82) is 0 Å². The van der Waals surface area contributed by atoms with E-state index in [0.29, 0.717) is 17.4 Å². The van der Waals surface area contributed by atoms with Crippen molar-refractivity contribution in [2.75, 3.05) is 20.3 Å². The quantitative estimate of drug-likeness (QED) is 0.885. The Bertz CT molecular complexity index is 557. The SMILES string of the molecule is COc1cccc(C(CO)COc2ccccc2Cl)c1. The molecule has 3 nitrogen and oxygen atoms in total. The molecule has 0 fully saturated rings. The summed E-state index contributed by atoms with van der Waals surface area (Å²) in [4.78, 5) is 0. The molecule has 20 heavy (non-hydrogen) atoms. The van der Waals surface area contributed by atoms with Gasteiger partial charge < -0.3 is 14.6 Å². The fourth-order valence-electron chi connectivity index (χ4n) is 1.90. The summed E-state index contributed by atoms with van der Waals surface area (Å²) in [6.07, 6.45) is 0. The molecule has 0 aliphatic carbocycles. The summed E-state index contributed by atoms with van der Waals surface area (Å²) in [5.74, 6) is 1.26. The van der Waals surface area contributed by atoms with E-state index in [1.807, 2.05) is 42.5 Å². The van der Waals surface area contributed by atoms with Crippen LogP contribution in [0.5, 0.6) is 11.5 Å². The Morgan fingerprint density at radius 3 is 2.65 bits per heavy atom. The first-order chi connectivity index (χ1) is 9.74. The number of ether oxygens (including phenoxy) is 2. The van der Waals surface area contributed by atoms with Crippen LogP contribution in [-0.4, -0.2) is 25.4 Å². The van der Waals surface area contributed by atoms with E-state index in [-0.39, 0.29) is 12.5 Å². The van der Waals surface area contributed by atoms with Crippen LogP contribution < -0.4 is 9.47 Å². The summed E-state index contributed by atoms with van der Waals surface area (Å²) in [6.45, 7) is 0.352. The fraction of sp³-hybridized carbons (Fsp3) is 0.250. The van der Waals surface area contributed by atoms with Crippen LogP contribution in [0.25, 0.3) is 0 Å². The average molecular weight is 293 g/mol. The standard InChI is InChI=1S/C16H17ClO3/c1-19-14-6-4-5-12(9-14)13(10-18)11-20-16-8-3-2-7-15(16)17/h2-9,13,18H,10-11H2,1H3. The van der Waals surface area contributed by atoms with Gasteiger partial charge in [-0.1, -0.05) is 35.9 Å². The molecule has 1 atom stereocenters. The summed E-state index contributed by atoms with van der Waals surface area (Å²) < 4.78 is 10.9. The van der Waals surface area contributed by atoms with E-state index in [9.17, 15) is 5.11 Å². The second kappa shape index (κ2) is 7.17.